The predicted octanol–water partition coefficient (Wildman–Crippen LogP) is 1.93. The Bertz CT molecular complexity index is 368. The molecule has 0 amide bonds. The van der Waals surface area contributed by atoms with Crippen LogP contribution in [0.5, 0.6) is 0 Å². The quantitative estimate of drug-likeness (QED) is 0.806. The van der Waals surface area contributed by atoms with Crippen molar-refractivity contribution in [2.75, 3.05) is 13.1 Å². The lowest BCUT2D eigenvalue weighted by Gasteiger charge is -2.37. The maximum atomic E-state index is 5.90. The van der Waals surface area contributed by atoms with Crippen LogP contribution in [-0.2, 0) is 20.0 Å². The Hall–Kier alpha value is -0.870. The van der Waals surface area contributed by atoms with Gasteiger partial charge >= 0.3 is 0 Å². The van der Waals surface area contributed by atoms with Crippen molar-refractivity contribution in [1.29, 1.82) is 0 Å². The highest BCUT2D eigenvalue weighted by Crippen LogP contribution is 2.18. The standard InChI is InChI=1S/C14H28N4/c1-6-8-18(14(3,4)11-15)10-13-9-12(7-2)16-17(13)5/h9H,6-8,10-11,15H2,1-5H3. The van der Waals surface area contributed by atoms with E-state index in [1.54, 1.807) is 0 Å². The Morgan fingerprint density at radius 3 is 2.50 bits per heavy atom. The Labute approximate surface area is 111 Å². The molecule has 1 aromatic rings. The number of hydrogen-bond donors (Lipinski definition) is 1. The topological polar surface area (TPSA) is 47.1 Å². The van der Waals surface area contributed by atoms with E-state index < -0.39 is 0 Å². The van der Waals surface area contributed by atoms with E-state index in [0.717, 1.165) is 31.6 Å². The summed E-state index contributed by atoms with van der Waals surface area (Å²) in [6.45, 7) is 11.4. The first-order valence-electron chi connectivity index (χ1n) is 6.91. The van der Waals surface area contributed by atoms with Gasteiger partial charge in [0.05, 0.1) is 11.4 Å². The van der Waals surface area contributed by atoms with Gasteiger partial charge in [0.2, 0.25) is 0 Å². The van der Waals surface area contributed by atoms with Crippen molar-refractivity contribution in [3.63, 3.8) is 0 Å². The number of rotatable bonds is 7. The zero-order valence-electron chi connectivity index (χ0n) is 12.5. The Morgan fingerprint density at radius 1 is 1.39 bits per heavy atom. The molecule has 0 aromatic carbocycles. The van der Waals surface area contributed by atoms with Crippen LogP contribution in [0.2, 0.25) is 0 Å². The molecule has 1 aromatic heterocycles. The van der Waals surface area contributed by atoms with Crippen LogP contribution in [0, 0.1) is 0 Å². The summed E-state index contributed by atoms with van der Waals surface area (Å²) >= 11 is 0. The van der Waals surface area contributed by atoms with Crippen LogP contribution in [0.25, 0.3) is 0 Å². The Morgan fingerprint density at radius 2 is 2.06 bits per heavy atom. The van der Waals surface area contributed by atoms with E-state index in [4.69, 9.17) is 5.73 Å². The second-order valence-corrected chi connectivity index (χ2v) is 5.54. The van der Waals surface area contributed by atoms with Gasteiger partial charge in [0, 0.05) is 25.7 Å². The smallest absolute Gasteiger partial charge is 0.0625 e. The molecule has 0 saturated carbocycles. The van der Waals surface area contributed by atoms with E-state index in [0.29, 0.717) is 6.54 Å². The van der Waals surface area contributed by atoms with Crippen LogP contribution in [0.3, 0.4) is 0 Å². The molecule has 0 fully saturated rings. The van der Waals surface area contributed by atoms with Crippen LogP contribution in [0.4, 0.5) is 0 Å². The van der Waals surface area contributed by atoms with Gasteiger partial charge in [-0.25, -0.2) is 0 Å². The molecule has 18 heavy (non-hydrogen) atoms. The second kappa shape index (κ2) is 6.34. The van der Waals surface area contributed by atoms with Crippen molar-refractivity contribution in [1.82, 2.24) is 14.7 Å². The highest BCUT2D eigenvalue weighted by Gasteiger charge is 2.25. The van der Waals surface area contributed by atoms with Crippen LogP contribution in [0.1, 0.15) is 45.5 Å². The highest BCUT2D eigenvalue weighted by molar-refractivity contribution is 5.10. The summed E-state index contributed by atoms with van der Waals surface area (Å²) in [5.41, 5.74) is 8.36. The van der Waals surface area contributed by atoms with Gasteiger partial charge in [0.25, 0.3) is 0 Å². The minimum atomic E-state index is 0.0344. The summed E-state index contributed by atoms with van der Waals surface area (Å²) in [7, 11) is 2.02. The minimum Gasteiger partial charge on any atom is -0.329 e. The first kappa shape index (κ1) is 15.2. The monoisotopic (exact) mass is 252 g/mol. The number of aryl methyl sites for hydroxylation is 2. The van der Waals surface area contributed by atoms with Crippen molar-refractivity contribution < 1.29 is 0 Å². The molecule has 0 unspecified atom stereocenters. The van der Waals surface area contributed by atoms with Crippen LogP contribution < -0.4 is 5.73 Å². The molecule has 0 aliphatic heterocycles. The molecular weight excluding hydrogens is 224 g/mol. The molecule has 4 nitrogen and oxygen atoms in total. The normalized spacial score (nSPS) is 12.4. The lowest BCUT2D eigenvalue weighted by Crippen LogP contribution is -2.49. The third-order valence-corrected chi connectivity index (χ3v) is 3.59. The van der Waals surface area contributed by atoms with Gasteiger partial charge in [-0.1, -0.05) is 13.8 Å². The molecule has 0 spiro atoms. The highest BCUT2D eigenvalue weighted by atomic mass is 15.3. The molecule has 0 aliphatic carbocycles. The molecular formula is C14H28N4. The molecule has 0 atom stereocenters. The summed E-state index contributed by atoms with van der Waals surface area (Å²) in [5.74, 6) is 0. The molecule has 1 rings (SSSR count). The average Bonchev–Trinajstić information content (AvgIpc) is 2.69. The molecule has 0 saturated heterocycles. The lowest BCUT2D eigenvalue weighted by molar-refractivity contribution is 0.115. The van der Waals surface area contributed by atoms with Gasteiger partial charge in [0.15, 0.2) is 0 Å². The SMILES string of the molecule is CCCN(Cc1cc(CC)nn1C)C(C)(C)CN. The number of nitrogens with zero attached hydrogens (tertiary/aromatic N) is 3. The summed E-state index contributed by atoms with van der Waals surface area (Å²) in [4.78, 5) is 2.45. The van der Waals surface area contributed by atoms with Crippen molar-refractivity contribution in [3.8, 4) is 0 Å². The molecule has 0 aliphatic rings. The summed E-state index contributed by atoms with van der Waals surface area (Å²) in [5, 5.41) is 4.51. The zero-order valence-corrected chi connectivity index (χ0v) is 12.5. The van der Waals surface area contributed by atoms with E-state index >= 15 is 0 Å². The third-order valence-electron chi connectivity index (χ3n) is 3.59. The third kappa shape index (κ3) is 3.56. The van der Waals surface area contributed by atoms with E-state index in [9.17, 15) is 0 Å². The van der Waals surface area contributed by atoms with E-state index in [1.807, 2.05) is 11.7 Å². The van der Waals surface area contributed by atoms with Gasteiger partial charge in [-0.2, -0.15) is 5.10 Å². The van der Waals surface area contributed by atoms with Gasteiger partial charge in [-0.15, -0.1) is 0 Å². The number of aromatic nitrogens is 2. The van der Waals surface area contributed by atoms with Crippen molar-refractivity contribution in [2.45, 2.75) is 52.6 Å². The lowest BCUT2D eigenvalue weighted by atomic mass is 10.0. The summed E-state index contributed by atoms with van der Waals surface area (Å²) < 4.78 is 1.99. The second-order valence-electron chi connectivity index (χ2n) is 5.54. The number of nitrogens with two attached hydrogens (primary N) is 1. The zero-order chi connectivity index (χ0) is 13.8. The first-order valence-corrected chi connectivity index (χ1v) is 6.91. The van der Waals surface area contributed by atoms with Gasteiger partial charge in [-0.05, 0) is 39.3 Å². The minimum absolute atomic E-state index is 0.0344. The fourth-order valence-corrected chi connectivity index (χ4v) is 2.08. The largest absolute Gasteiger partial charge is 0.329 e. The summed E-state index contributed by atoms with van der Waals surface area (Å²) in [6.07, 6.45) is 2.13. The van der Waals surface area contributed by atoms with Crippen LogP contribution >= 0.6 is 0 Å². The predicted molar refractivity (Wildman–Crippen MR) is 76.4 cm³/mol. The fraction of sp³-hybridized carbons (Fsp3) is 0.786. The Kier molecular flexibility index (Phi) is 5.35. The first-order chi connectivity index (χ1) is 8.44. The van der Waals surface area contributed by atoms with Gasteiger partial charge in [-0.3, -0.25) is 9.58 Å². The molecule has 0 bridgehead atoms. The van der Waals surface area contributed by atoms with Crippen molar-refractivity contribution >= 4 is 0 Å². The molecule has 2 N–H and O–H groups in total. The van der Waals surface area contributed by atoms with Crippen LogP contribution in [-0.4, -0.2) is 33.3 Å². The van der Waals surface area contributed by atoms with Gasteiger partial charge in [0.1, 0.15) is 0 Å². The van der Waals surface area contributed by atoms with E-state index in [1.165, 1.54) is 5.69 Å². The van der Waals surface area contributed by atoms with E-state index in [2.05, 4.69) is 43.8 Å². The van der Waals surface area contributed by atoms with Gasteiger partial charge < -0.3 is 5.73 Å². The Balaban J connectivity index is 2.85. The maximum Gasteiger partial charge on any atom is 0.0625 e. The molecule has 4 heteroatoms. The van der Waals surface area contributed by atoms with Crippen molar-refractivity contribution in [3.05, 3.63) is 17.5 Å². The summed E-state index contributed by atoms with van der Waals surface area (Å²) in [6, 6.07) is 2.20. The molecule has 104 valence electrons. The molecule has 1 heterocycles. The van der Waals surface area contributed by atoms with Crippen LogP contribution in [0.15, 0.2) is 6.07 Å². The van der Waals surface area contributed by atoms with Crippen molar-refractivity contribution in [2.24, 2.45) is 12.8 Å². The van der Waals surface area contributed by atoms with E-state index in [-0.39, 0.29) is 5.54 Å². The fourth-order valence-electron chi connectivity index (χ4n) is 2.08. The number of hydrogen-bond acceptors (Lipinski definition) is 3. The molecule has 0 radical (unpaired) electrons. The maximum absolute atomic E-state index is 5.90. The average molecular weight is 252 g/mol.